The summed E-state index contributed by atoms with van der Waals surface area (Å²) in [6, 6.07) is -0.892. The molecule has 0 radical (unpaired) electrons. The SMILES string of the molecule is CCCC1SCC(C(=O)O)N1C(=O)NCCCC1CC1. The number of urea groups is 1. The first-order chi connectivity index (χ1) is 9.63. The Bertz CT molecular complexity index is 360. The smallest absolute Gasteiger partial charge is 0.327 e. The molecule has 1 heterocycles. The van der Waals surface area contributed by atoms with Gasteiger partial charge in [0.2, 0.25) is 0 Å². The molecule has 2 atom stereocenters. The molecule has 2 rings (SSSR count). The lowest BCUT2D eigenvalue weighted by Gasteiger charge is -2.27. The number of carboxylic acid groups (broad SMARTS) is 1. The van der Waals surface area contributed by atoms with Crippen molar-refractivity contribution in [1.29, 1.82) is 0 Å². The van der Waals surface area contributed by atoms with Gasteiger partial charge in [0.15, 0.2) is 0 Å². The molecular weight excluding hydrogens is 276 g/mol. The summed E-state index contributed by atoms with van der Waals surface area (Å²) in [4.78, 5) is 25.0. The number of aliphatic carboxylic acids is 1. The van der Waals surface area contributed by atoms with Gasteiger partial charge in [-0.05, 0) is 25.2 Å². The van der Waals surface area contributed by atoms with E-state index in [1.165, 1.54) is 24.2 Å². The molecule has 2 fully saturated rings. The fraction of sp³-hybridized carbons (Fsp3) is 0.857. The molecular formula is C14H24N2O3S. The second-order valence-electron chi connectivity index (χ2n) is 5.66. The second kappa shape index (κ2) is 7.20. The monoisotopic (exact) mass is 300 g/mol. The summed E-state index contributed by atoms with van der Waals surface area (Å²) < 4.78 is 0. The number of carbonyl (C=O) groups excluding carboxylic acids is 1. The lowest BCUT2D eigenvalue weighted by molar-refractivity contribution is -0.141. The molecule has 1 aliphatic heterocycles. The van der Waals surface area contributed by atoms with Gasteiger partial charge >= 0.3 is 12.0 Å². The maximum atomic E-state index is 12.2. The Morgan fingerprint density at radius 1 is 1.35 bits per heavy atom. The van der Waals surface area contributed by atoms with Gasteiger partial charge in [0.1, 0.15) is 6.04 Å². The van der Waals surface area contributed by atoms with E-state index in [1.54, 1.807) is 11.8 Å². The molecule has 6 heteroatoms. The van der Waals surface area contributed by atoms with Crippen LogP contribution in [-0.2, 0) is 4.79 Å². The van der Waals surface area contributed by atoms with Gasteiger partial charge in [-0.1, -0.05) is 26.2 Å². The summed E-state index contributed by atoms with van der Waals surface area (Å²) in [6.07, 6.45) is 6.63. The van der Waals surface area contributed by atoms with Crippen LogP contribution >= 0.6 is 11.8 Å². The van der Waals surface area contributed by atoms with Crippen LogP contribution in [0.15, 0.2) is 0 Å². The van der Waals surface area contributed by atoms with Crippen LogP contribution in [0.25, 0.3) is 0 Å². The van der Waals surface area contributed by atoms with E-state index in [0.29, 0.717) is 12.3 Å². The molecule has 1 saturated carbocycles. The first-order valence-electron chi connectivity index (χ1n) is 7.54. The van der Waals surface area contributed by atoms with Crippen molar-refractivity contribution in [2.75, 3.05) is 12.3 Å². The molecule has 1 aliphatic carbocycles. The number of carboxylic acids is 1. The molecule has 20 heavy (non-hydrogen) atoms. The van der Waals surface area contributed by atoms with Gasteiger partial charge in [0, 0.05) is 12.3 Å². The van der Waals surface area contributed by atoms with Gasteiger partial charge in [-0.2, -0.15) is 0 Å². The average molecular weight is 300 g/mol. The van der Waals surface area contributed by atoms with Crippen LogP contribution in [0.5, 0.6) is 0 Å². The maximum Gasteiger partial charge on any atom is 0.327 e. The van der Waals surface area contributed by atoms with E-state index >= 15 is 0 Å². The van der Waals surface area contributed by atoms with Crippen molar-refractivity contribution in [1.82, 2.24) is 10.2 Å². The molecule has 2 aliphatic rings. The molecule has 114 valence electrons. The third-order valence-corrected chi connectivity index (χ3v) is 5.27. The minimum atomic E-state index is -0.899. The van der Waals surface area contributed by atoms with Gasteiger partial charge in [-0.25, -0.2) is 9.59 Å². The zero-order chi connectivity index (χ0) is 14.5. The predicted molar refractivity (Wildman–Crippen MR) is 79.8 cm³/mol. The van der Waals surface area contributed by atoms with Crippen molar-refractivity contribution < 1.29 is 14.7 Å². The predicted octanol–water partition coefficient (Wildman–Crippen LogP) is 2.51. The molecule has 0 aromatic carbocycles. The van der Waals surface area contributed by atoms with Gasteiger partial charge in [-0.15, -0.1) is 11.8 Å². The zero-order valence-corrected chi connectivity index (χ0v) is 12.8. The maximum absolute atomic E-state index is 12.2. The highest BCUT2D eigenvalue weighted by Crippen LogP contribution is 2.33. The molecule has 0 spiro atoms. The van der Waals surface area contributed by atoms with Gasteiger partial charge in [-0.3, -0.25) is 4.90 Å². The van der Waals surface area contributed by atoms with E-state index in [-0.39, 0.29) is 11.4 Å². The number of hydrogen-bond donors (Lipinski definition) is 2. The Morgan fingerprint density at radius 2 is 2.10 bits per heavy atom. The number of rotatable bonds is 7. The Morgan fingerprint density at radius 3 is 2.70 bits per heavy atom. The minimum absolute atomic E-state index is 0.00420. The molecule has 5 nitrogen and oxygen atoms in total. The van der Waals surface area contributed by atoms with Gasteiger partial charge < -0.3 is 10.4 Å². The third-order valence-electron chi connectivity index (χ3n) is 3.91. The Balaban J connectivity index is 1.82. The molecule has 2 N–H and O–H groups in total. The standard InChI is InChI=1S/C14H24N2O3S/c1-2-4-12-16(11(9-20-12)13(17)18)14(19)15-8-3-5-10-6-7-10/h10-12H,2-9H2,1H3,(H,15,19)(H,17,18). The number of nitrogens with one attached hydrogen (secondary N) is 1. The van der Waals surface area contributed by atoms with Crippen LogP contribution in [0.4, 0.5) is 4.79 Å². The zero-order valence-electron chi connectivity index (χ0n) is 12.0. The van der Waals surface area contributed by atoms with E-state index in [9.17, 15) is 14.7 Å². The molecule has 0 aromatic rings. The van der Waals surface area contributed by atoms with Gasteiger partial charge in [0.05, 0.1) is 5.37 Å². The Kier molecular flexibility index (Phi) is 5.57. The van der Waals surface area contributed by atoms with Crippen LogP contribution in [0.1, 0.15) is 45.4 Å². The molecule has 2 amide bonds. The van der Waals surface area contributed by atoms with Crippen molar-refractivity contribution in [2.45, 2.75) is 56.9 Å². The van der Waals surface area contributed by atoms with E-state index in [2.05, 4.69) is 12.2 Å². The van der Waals surface area contributed by atoms with Gasteiger partial charge in [0.25, 0.3) is 0 Å². The third kappa shape index (κ3) is 4.04. The Hall–Kier alpha value is -0.910. The fourth-order valence-electron chi connectivity index (χ4n) is 2.58. The highest BCUT2D eigenvalue weighted by atomic mass is 32.2. The Labute approximate surface area is 124 Å². The second-order valence-corrected chi connectivity index (χ2v) is 6.87. The lowest BCUT2D eigenvalue weighted by Crippen LogP contribution is -2.50. The van der Waals surface area contributed by atoms with Crippen molar-refractivity contribution in [3.63, 3.8) is 0 Å². The quantitative estimate of drug-likeness (QED) is 0.709. The van der Waals surface area contributed by atoms with Crippen LogP contribution < -0.4 is 5.32 Å². The first-order valence-corrected chi connectivity index (χ1v) is 8.59. The van der Waals surface area contributed by atoms with E-state index in [0.717, 1.165) is 25.2 Å². The number of nitrogens with zero attached hydrogens (tertiary/aromatic N) is 1. The molecule has 0 bridgehead atoms. The number of hydrogen-bond acceptors (Lipinski definition) is 3. The number of carbonyl (C=O) groups is 2. The fourth-order valence-corrected chi connectivity index (χ4v) is 4.09. The average Bonchev–Trinajstić information content (AvgIpc) is 3.13. The molecule has 0 aromatic heterocycles. The van der Waals surface area contributed by atoms with E-state index in [1.807, 2.05) is 0 Å². The van der Waals surface area contributed by atoms with Crippen LogP contribution in [0.3, 0.4) is 0 Å². The molecule has 2 unspecified atom stereocenters. The highest BCUT2D eigenvalue weighted by molar-refractivity contribution is 8.00. The highest BCUT2D eigenvalue weighted by Gasteiger charge is 2.41. The summed E-state index contributed by atoms with van der Waals surface area (Å²) in [5.41, 5.74) is 0. The summed E-state index contributed by atoms with van der Waals surface area (Å²) in [5.74, 6) is 0.466. The number of amides is 2. The molecule has 1 saturated heterocycles. The normalized spacial score (nSPS) is 25.8. The summed E-state index contributed by atoms with van der Waals surface area (Å²) >= 11 is 1.58. The summed E-state index contributed by atoms with van der Waals surface area (Å²) in [7, 11) is 0. The first kappa shape index (κ1) is 15.5. The van der Waals surface area contributed by atoms with Crippen molar-refractivity contribution in [3.05, 3.63) is 0 Å². The minimum Gasteiger partial charge on any atom is -0.480 e. The topological polar surface area (TPSA) is 69.6 Å². The number of thioether (sulfide) groups is 1. The summed E-state index contributed by atoms with van der Waals surface area (Å²) in [6.45, 7) is 2.71. The lowest BCUT2D eigenvalue weighted by atomic mass is 10.2. The van der Waals surface area contributed by atoms with E-state index in [4.69, 9.17) is 0 Å². The van der Waals surface area contributed by atoms with E-state index < -0.39 is 12.0 Å². The van der Waals surface area contributed by atoms with Crippen molar-refractivity contribution in [2.24, 2.45) is 5.92 Å². The van der Waals surface area contributed by atoms with Crippen LogP contribution in [-0.4, -0.2) is 45.7 Å². The van der Waals surface area contributed by atoms with Crippen molar-refractivity contribution in [3.8, 4) is 0 Å². The van der Waals surface area contributed by atoms with Crippen LogP contribution in [0.2, 0.25) is 0 Å². The van der Waals surface area contributed by atoms with Crippen LogP contribution in [0, 0.1) is 5.92 Å². The largest absolute Gasteiger partial charge is 0.480 e. The summed E-state index contributed by atoms with van der Waals surface area (Å²) in [5, 5.41) is 12.1. The van der Waals surface area contributed by atoms with Crippen molar-refractivity contribution >= 4 is 23.8 Å².